The van der Waals surface area contributed by atoms with Crippen LogP contribution in [0.3, 0.4) is 0 Å². The minimum absolute atomic E-state index is 0.0526. The van der Waals surface area contributed by atoms with Crippen molar-refractivity contribution in [3.8, 4) is 5.75 Å². The number of benzene rings is 2. The molecule has 0 aliphatic carbocycles. The van der Waals surface area contributed by atoms with Crippen LogP contribution in [0.4, 0.5) is 11.5 Å². The number of aliphatic hydroxyl groups is 1. The van der Waals surface area contributed by atoms with Crippen LogP contribution in [0.2, 0.25) is 0 Å². The standard InChI is InChI=1S/C23H19N3O7/c1-3-32-17-9-7-14(8-10-17)21(27)19-20(15-5-4-6-16(12-15)26(30)31)25(23(29)22(19)28)18-11-13(2)33-24-18/h4-12,20,27H,3H2,1-2H3/t20-/m1/s1. The van der Waals surface area contributed by atoms with Crippen molar-refractivity contribution in [3.05, 3.63) is 87.2 Å². The van der Waals surface area contributed by atoms with Gasteiger partial charge < -0.3 is 14.4 Å². The number of nitro groups is 1. The summed E-state index contributed by atoms with van der Waals surface area (Å²) in [5, 5.41) is 26.2. The van der Waals surface area contributed by atoms with Crippen LogP contribution >= 0.6 is 0 Å². The Hall–Kier alpha value is -4.47. The molecule has 1 amide bonds. The van der Waals surface area contributed by atoms with Crippen molar-refractivity contribution in [3.63, 3.8) is 0 Å². The SMILES string of the molecule is CCOc1ccc(C(O)=C2C(=O)C(=O)N(c3cc(C)on3)[C@@H]2c2cccc([N+](=O)[O-])c2)cc1. The number of aliphatic hydroxyl groups excluding tert-OH is 1. The number of aryl methyl sites for hydroxylation is 1. The van der Waals surface area contributed by atoms with Crippen molar-refractivity contribution in [2.24, 2.45) is 0 Å². The number of anilines is 1. The van der Waals surface area contributed by atoms with E-state index < -0.39 is 28.4 Å². The number of Topliss-reactive ketones (excluding diaryl/α,β-unsaturated/α-hetero) is 1. The number of hydrogen-bond acceptors (Lipinski definition) is 8. The number of amides is 1. The number of hydrogen-bond donors (Lipinski definition) is 1. The number of ketones is 1. The van der Waals surface area contributed by atoms with E-state index in [4.69, 9.17) is 9.26 Å². The summed E-state index contributed by atoms with van der Waals surface area (Å²) in [5.74, 6) is -1.28. The highest BCUT2D eigenvalue weighted by atomic mass is 16.6. The van der Waals surface area contributed by atoms with E-state index in [2.05, 4.69) is 5.16 Å². The summed E-state index contributed by atoms with van der Waals surface area (Å²) in [5.41, 5.74) is 0.0977. The molecule has 1 aromatic heterocycles. The van der Waals surface area contributed by atoms with Crippen LogP contribution in [0.5, 0.6) is 5.75 Å². The van der Waals surface area contributed by atoms with E-state index >= 15 is 0 Å². The normalized spacial score (nSPS) is 17.4. The second-order valence-corrected chi connectivity index (χ2v) is 7.27. The molecule has 10 nitrogen and oxygen atoms in total. The van der Waals surface area contributed by atoms with E-state index in [9.17, 15) is 24.8 Å². The van der Waals surface area contributed by atoms with Crippen molar-refractivity contribution in [1.82, 2.24) is 5.16 Å². The molecule has 33 heavy (non-hydrogen) atoms. The fourth-order valence-corrected chi connectivity index (χ4v) is 3.69. The summed E-state index contributed by atoms with van der Waals surface area (Å²) >= 11 is 0. The molecule has 0 saturated carbocycles. The van der Waals surface area contributed by atoms with Gasteiger partial charge in [0.25, 0.3) is 11.5 Å². The van der Waals surface area contributed by atoms with Gasteiger partial charge in [0.15, 0.2) is 5.82 Å². The third-order valence-corrected chi connectivity index (χ3v) is 5.14. The predicted molar refractivity (Wildman–Crippen MR) is 117 cm³/mol. The maximum atomic E-state index is 13.1. The number of ether oxygens (including phenoxy) is 1. The quantitative estimate of drug-likeness (QED) is 0.197. The van der Waals surface area contributed by atoms with Gasteiger partial charge >= 0.3 is 5.91 Å². The molecule has 1 aliphatic heterocycles. The molecule has 0 radical (unpaired) electrons. The first-order valence-corrected chi connectivity index (χ1v) is 10.0. The second-order valence-electron chi connectivity index (χ2n) is 7.27. The Balaban J connectivity index is 1.91. The molecule has 0 bridgehead atoms. The third-order valence-electron chi connectivity index (χ3n) is 5.14. The van der Waals surface area contributed by atoms with Gasteiger partial charge in [-0.2, -0.15) is 0 Å². The lowest BCUT2D eigenvalue weighted by Gasteiger charge is -2.22. The minimum Gasteiger partial charge on any atom is -0.507 e. The van der Waals surface area contributed by atoms with Gasteiger partial charge in [0.1, 0.15) is 17.3 Å². The molecule has 10 heteroatoms. The first-order chi connectivity index (χ1) is 15.8. The number of carbonyl (C=O) groups excluding carboxylic acids is 2. The van der Waals surface area contributed by atoms with Gasteiger partial charge in [0.05, 0.1) is 23.1 Å². The van der Waals surface area contributed by atoms with Crippen molar-refractivity contribution < 1.29 is 28.9 Å². The highest BCUT2D eigenvalue weighted by Crippen LogP contribution is 2.42. The van der Waals surface area contributed by atoms with Crippen LogP contribution in [-0.4, -0.2) is 33.5 Å². The van der Waals surface area contributed by atoms with Crippen LogP contribution in [0.1, 0.15) is 29.9 Å². The van der Waals surface area contributed by atoms with Gasteiger partial charge in [-0.1, -0.05) is 17.3 Å². The summed E-state index contributed by atoms with van der Waals surface area (Å²) in [7, 11) is 0. The third kappa shape index (κ3) is 3.93. The van der Waals surface area contributed by atoms with Crippen LogP contribution in [0.25, 0.3) is 5.76 Å². The van der Waals surface area contributed by atoms with Gasteiger partial charge in [0, 0.05) is 23.8 Å². The van der Waals surface area contributed by atoms with Crippen LogP contribution < -0.4 is 9.64 Å². The van der Waals surface area contributed by atoms with E-state index in [1.54, 1.807) is 31.2 Å². The summed E-state index contributed by atoms with van der Waals surface area (Å²) in [6.45, 7) is 3.91. The molecule has 0 spiro atoms. The largest absolute Gasteiger partial charge is 0.507 e. The van der Waals surface area contributed by atoms with Crippen molar-refractivity contribution in [1.29, 1.82) is 0 Å². The number of nitrogens with zero attached hydrogens (tertiary/aromatic N) is 3. The lowest BCUT2D eigenvalue weighted by molar-refractivity contribution is -0.384. The number of non-ortho nitro benzene ring substituents is 1. The second kappa shape index (κ2) is 8.58. The predicted octanol–water partition coefficient (Wildman–Crippen LogP) is 3.92. The Bertz CT molecular complexity index is 1280. The Morgan fingerprint density at radius 3 is 2.55 bits per heavy atom. The zero-order chi connectivity index (χ0) is 23.7. The van der Waals surface area contributed by atoms with Gasteiger partial charge in [-0.05, 0) is 43.7 Å². The topological polar surface area (TPSA) is 136 Å². The van der Waals surface area contributed by atoms with E-state index in [0.717, 1.165) is 4.90 Å². The summed E-state index contributed by atoms with van der Waals surface area (Å²) < 4.78 is 10.5. The average Bonchev–Trinajstić information content (AvgIpc) is 3.34. The van der Waals surface area contributed by atoms with Gasteiger partial charge in [-0.25, -0.2) is 0 Å². The van der Waals surface area contributed by atoms with Crippen molar-refractivity contribution >= 4 is 29.0 Å². The average molecular weight is 449 g/mol. The number of rotatable bonds is 6. The number of nitro benzene ring substituents is 1. The molecule has 3 aromatic rings. The minimum atomic E-state index is -1.15. The first-order valence-electron chi connectivity index (χ1n) is 10.0. The van der Waals surface area contributed by atoms with Crippen LogP contribution in [0, 0.1) is 17.0 Å². The molecule has 1 atom stereocenters. The molecule has 1 aliphatic rings. The molecule has 0 unspecified atom stereocenters. The molecular weight excluding hydrogens is 430 g/mol. The summed E-state index contributed by atoms with van der Waals surface area (Å²) in [6, 6.07) is 12.2. The van der Waals surface area contributed by atoms with Crippen molar-refractivity contribution in [2.45, 2.75) is 19.9 Å². The van der Waals surface area contributed by atoms with E-state index in [0.29, 0.717) is 18.1 Å². The lowest BCUT2D eigenvalue weighted by atomic mass is 9.95. The van der Waals surface area contributed by atoms with Crippen LogP contribution in [0.15, 0.2) is 64.7 Å². The maximum absolute atomic E-state index is 13.1. The summed E-state index contributed by atoms with van der Waals surface area (Å²) in [6.07, 6.45) is 0. The Morgan fingerprint density at radius 2 is 1.94 bits per heavy atom. The Morgan fingerprint density at radius 1 is 1.21 bits per heavy atom. The lowest BCUT2D eigenvalue weighted by Crippen LogP contribution is -2.29. The Kier molecular flexibility index (Phi) is 5.65. The fourth-order valence-electron chi connectivity index (χ4n) is 3.69. The van der Waals surface area contributed by atoms with Crippen molar-refractivity contribution in [2.75, 3.05) is 11.5 Å². The van der Waals surface area contributed by atoms with E-state index in [1.165, 1.54) is 30.3 Å². The van der Waals surface area contributed by atoms with Gasteiger partial charge in [0.2, 0.25) is 0 Å². The molecule has 1 N–H and O–H groups in total. The van der Waals surface area contributed by atoms with E-state index in [1.807, 2.05) is 6.92 Å². The highest BCUT2D eigenvalue weighted by molar-refractivity contribution is 6.51. The Labute approximate surface area is 187 Å². The van der Waals surface area contributed by atoms with Gasteiger partial charge in [-0.15, -0.1) is 0 Å². The van der Waals surface area contributed by atoms with Crippen LogP contribution in [-0.2, 0) is 9.59 Å². The maximum Gasteiger partial charge on any atom is 0.301 e. The molecular formula is C23H19N3O7. The zero-order valence-electron chi connectivity index (χ0n) is 17.7. The molecule has 1 fully saturated rings. The zero-order valence-corrected chi connectivity index (χ0v) is 17.7. The molecule has 168 valence electrons. The molecule has 2 heterocycles. The fraction of sp³-hybridized carbons (Fsp3) is 0.174. The summed E-state index contributed by atoms with van der Waals surface area (Å²) in [4.78, 5) is 37.9. The highest BCUT2D eigenvalue weighted by Gasteiger charge is 2.48. The smallest absolute Gasteiger partial charge is 0.301 e. The van der Waals surface area contributed by atoms with Gasteiger partial charge in [-0.3, -0.25) is 24.6 Å². The monoisotopic (exact) mass is 449 g/mol. The first kappa shape index (κ1) is 21.8. The molecule has 4 rings (SSSR count). The number of aromatic nitrogens is 1. The molecule has 2 aromatic carbocycles. The molecule has 1 saturated heterocycles. The van der Waals surface area contributed by atoms with E-state index in [-0.39, 0.29) is 28.2 Å². The number of carbonyl (C=O) groups is 2.